The van der Waals surface area contributed by atoms with E-state index in [1.165, 1.54) is 48.6 Å². The normalized spacial score (nSPS) is 10.7. The maximum atomic E-state index is 12.1. The molecule has 0 aliphatic heterocycles. The predicted molar refractivity (Wildman–Crippen MR) is 92.4 cm³/mol. The number of hydrogen-bond donors (Lipinski definition) is 1. The third kappa shape index (κ3) is 4.39. The number of benzene rings is 2. The van der Waals surface area contributed by atoms with Crippen LogP contribution in [0.2, 0.25) is 0 Å². The van der Waals surface area contributed by atoms with Crippen molar-refractivity contribution in [3.8, 4) is 5.75 Å². The van der Waals surface area contributed by atoms with E-state index < -0.39 is 16.5 Å². The van der Waals surface area contributed by atoms with Gasteiger partial charge >= 0.3 is 0 Å². The van der Waals surface area contributed by atoms with Gasteiger partial charge in [-0.05, 0) is 29.8 Å². The second-order valence-electron chi connectivity index (χ2n) is 5.27. The van der Waals surface area contributed by atoms with E-state index in [1.54, 1.807) is 13.9 Å². The quantitative estimate of drug-likeness (QED) is 0.216. The van der Waals surface area contributed by atoms with Gasteiger partial charge in [-0.25, -0.2) is 0 Å². The number of nitrogens with zero attached hydrogens (tertiary/aromatic N) is 1. The Bertz CT molecular complexity index is 827. The van der Waals surface area contributed by atoms with Crippen LogP contribution in [0.15, 0.2) is 48.5 Å². The molecular formula is C17H14BNO5. The van der Waals surface area contributed by atoms with Crippen LogP contribution in [0, 0.1) is 10.1 Å². The van der Waals surface area contributed by atoms with Gasteiger partial charge < -0.3 is 5.11 Å². The summed E-state index contributed by atoms with van der Waals surface area (Å²) in [7, 11) is 1.78. The van der Waals surface area contributed by atoms with Gasteiger partial charge in [-0.3, -0.25) is 19.7 Å². The number of carbonyl (C=O) groups is 2. The van der Waals surface area contributed by atoms with Crippen LogP contribution in [0.1, 0.15) is 22.3 Å². The zero-order valence-corrected chi connectivity index (χ0v) is 12.9. The first-order chi connectivity index (χ1) is 11.4. The van der Waals surface area contributed by atoms with Gasteiger partial charge in [0.2, 0.25) is 0 Å². The van der Waals surface area contributed by atoms with Gasteiger partial charge in [-0.2, -0.15) is 0 Å². The fraction of sp³-hybridized carbons (Fsp3) is 0.0588. The summed E-state index contributed by atoms with van der Waals surface area (Å²) in [4.78, 5) is 34.0. The zero-order valence-electron chi connectivity index (χ0n) is 12.9. The lowest BCUT2D eigenvalue weighted by atomic mass is 9.92. The van der Waals surface area contributed by atoms with Crippen LogP contribution < -0.4 is 5.46 Å². The van der Waals surface area contributed by atoms with Crippen LogP contribution in [0.5, 0.6) is 5.75 Å². The third-order valence-corrected chi connectivity index (χ3v) is 3.35. The number of ketones is 2. The molecule has 0 amide bonds. The highest BCUT2D eigenvalue weighted by atomic mass is 16.6. The van der Waals surface area contributed by atoms with Gasteiger partial charge in [0.1, 0.15) is 13.6 Å². The van der Waals surface area contributed by atoms with Crippen LogP contribution in [0.3, 0.4) is 0 Å². The number of hydrogen-bond acceptors (Lipinski definition) is 5. The molecule has 0 spiro atoms. The topological polar surface area (TPSA) is 97.5 Å². The Morgan fingerprint density at radius 3 is 2.46 bits per heavy atom. The van der Waals surface area contributed by atoms with Gasteiger partial charge in [0.15, 0.2) is 11.6 Å². The largest absolute Gasteiger partial charge is 0.507 e. The molecule has 2 rings (SSSR count). The van der Waals surface area contributed by atoms with Gasteiger partial charge in [0.25, 0.3) is 5.69 Å². The first-order valence-corrected chi connectivity index (χ1v) is 7.15. The predicted octanol–water partition coefficient (Wildman–Crippen LogP) is 1.41. The smallest absolute Gasteiger partial charge is 0.269 e. The number of phenolic OH excluding ortho intramolecular Hbond substituents is 1. The Morgan fingerprint density at radius 2 is 1.83 bits per heavy atom. The number of nitro groups is 1. The molecule has 0 fully saturated rings. The zero-order chi connectivity index (χ0) is 17.7. The summed E-state index contributed by atoms with van der Waals surface area (Å²) in [5.74, 6) is -1.04. The fourth-order valence-electron chi connectivity index (χ4n) is 2.08. The Kier molecular flexibility index (Phi) is 5.26. The van der Waals surface area contributed by atoms with Crippen molar-refractivity contribution in [2.75, 3.05) is 0 Å². The number of nitro benzene ring substituents is 1. The van der Waals surface area contributed by atoms with E-state index in [1.807, 2.05) is 0 Å². The Labute approximate surface area is 139 Å². The maximum Gasteiger partial charge on any atom is 0.269 e. The number of rotatable bonds is 6. The van der Waals surface area contributed by atoms with Crippen molar-refractivity contribution in [2.24, 2.45) is 0 Å². The molecule has 0 aliphatic carbocycles. The highest BCUT2D eigenvalue weighted by Gasteiger charge is 2.14. The van der Waals surface area contributed by atoms with E-state index >= 15 is 0 Å². The molecule has 1 N–H and O–H groups in total. The molecule has 0 aromatic heterocycles. The number of allylic oxidation sites excluding steroid dienone is 1. The van der Waals surface area contributed by atoms with Crippen molar-refractivity contribution >= 4 is 36.6 Å². The number of aromatic hydroxyl groups is 1. The Hall–Kier alpha value is -3.22. The van der Waals surface area contributed by atoms with Crippen molar-refractivity contribution in [3.63, 3.8) is 0 Å². The summed E-state index contributed by atoms with van der Waals surface area (Å²) in [5, 5.41) is 20.3. The van der Waals surface area contributed by atoms with Crippen molar-refractivity contribution in [1.82, 2.24) is 0 Å². The molecule has 0 bridgehead atoms. The minimum absolute atomic E-state index is 0.0384. The summed E-state index contributed by atoms with van der Waals surface area (Å²) in [5.41, 5.74) is 1.50. The van der Waals surface area contributed by atoms with Gasteiger partial charge in [0.05, 0.1) is 16.9 Å². The molecule has 0 atom stereocenters. The summed E-state index contributed by atoms with van der Waals surface area (Å²) in [6.07, 6.45) is 2.36. The van der Waals surface area contributed by atoms with Crippen LogP contribution in [0.4, 0.5) is 5.69 Å². The lowest BCUT2D eigenvalue weighted by Gasteiger charge is -2.03. The third-order valence-electron chi connectivity index (χ3n) is 3.35. The van der Waals surface area contributed by atoms with E-state index in [0.717, 1.165) is 5.46 Å². The maximum absolute atomic E-state index is 12.1. The van der Waals surface area contributed by atoms with E-state index in [4.69, 9.17) is 0 Å². The minimum atomic E-state index is -0.508. The second-order valence-corrected chi connectivity index (χ2v) is 5.27. The minimum Gasteiger partial charge on any atom is -0.507 e. The average Bonchev–Trinajstić information content (AvgIpc) is 2.55. The molecule has 6 nitrogen and oxygen atoms in total. The lowest BCUT2D eigenvalue weighted by molar-refractivity contribution is -0.384. The first-order valence-electron chi connectivity index (χ1n) is 7.15. The molecule has 24 heavy (non-hydrogen) atoms. The standard InChI is InChI=1S/C17H14BNO5/c18-12-4-8-16(21)15(9-12)17(22)10-14(20)7-3-11-1-5-13(6-2-11)19(23)24/h1-9,21H,10,18H2/b7-3+. The van der Waals surface area contributed by atoms with E-state index in [-0.39, 0.29) is 23.4 Å². The Balaban J connectivity index is 2.03. The molecule has 2 aromatic carbocycles. The summed E-state index contributed by atoms with van der Waals surface area (Å²) >= 11 is 0. The van der Waals surface area contributed by atoms with Gasteiger partial charge in [0, 0.05) is 12.1 Å². The molecule has 7 heteroatoms. The van der Waals surface area contributed by atoms with Crippen molar-refractivity contribution in [3.05, 3.63) is 69.8 Å². The SMILES string of the molecule is Bc1ccc(O)c(C(=O)CC(=O)/C=C/c2ccc([N+](=O)[O-])cc2)c1. The van der Waals surface area contributed by atoms with Crippen LogP contribution in [-0.4, -0.2) is 29.4 Å². The van der Waals surface area contributed by atoms with Crippen molar-refractivity contribution < 1.29 is 19.6 Å². The highest BCUT2D eigenvalue weighted by molar-refractivity contribution is 6.33. The second kappa shape index (κ2) is 7.37. The highest BCUT2D eigenvalue weighted by Crippen LogP contribution is 2.17. The van der Waals surface area contributed by atoms with E-state index in [2.05, 4.69) is 0 Å². The number of non-ortho nitro benzene ring substituents is 1. The fourth-order valence-corrected chi connectivity index (χ4v) is 2.08. The molecule has 2 aromatic rings. The number of carbonyl (C=O) groups excluding carboxylic acids is 2. The summed E-state index contributed by atoms with van der Waals surface area (Å²) in [6.45, 7) is 0. The number of Topliss-reactive ketones (excluding diaryl/α,β-unsaturated/α-hetero) is 1. The van der Waals surface area contributed by atoms with E-state index in [9.17, 15) is 24.8 Å². The van der Waals surface area contributed by atoms with Crippen molar-refractivity contribution in [2.45, 2.75) is 6.42 Å². The molecular weight excluding hydrogens is 309 g/mol. The van der Waals surface area contributed by atoms with Crippen LogP contribution >= 0.6 is 0 Å². The average molecular weight is 323 g/mol. The Morgan fingerprint density at radius 1 is 1.17 bits per heavy atom. The number of phenols is 1. The molecule has 0 heterocycles. The summed E-state index contributed by atoms with van der Waals surface area (Å²) < 4.78 is 0. The molecule has 0 saturated heterocycles. The van der Waals surface area contributed by atoms with Gasteiger partial charge in [-0.1, -0.05) is 23.7 Å². The monoisotopic (exact) mass is 323 g/mol. The molecule has 0 unspecified atom stereocenters. The van der Waals surface area contributed by atoms with Crippen molar-refractivity contribution in [1.29, 1.82) is 0 Å². The molecule has 0 radical (unpaired) electrons. The van der Waals surface area contributed by atoms with Gasteiger partial charge in [-0.15, -0.1) is 0 Å². The van der Waals surface area contributed by atoms with E-state index in [0.29, 0.717) is 5.56 Å². The first kappa shape index (κ1) is 17.1. The summed E-state index contributed by atoms with van der Waals surface area (Å²) in [6, 6.07) is 10.3. The molecule has 0 aliphatic rings. The lowest BCUT2D eigenvalue weighted by Crippen LogP contribution is -2.10. The van der Waals surface area contributed by atoms with Crippen LogP contribution in [-0.2, 0) is 4.79 Å². The van der Waals surface area contributed by atoms with Crippen LogP contribution in [0.25, 0.3) is 6.08 Å². The molecule has 0 saturated carbocycles. The molecule has 120 valence electrons.